The van der Waals surface area contributed by atoms with E-state index in [0.717, 1.165) is 0 Å². The quantitative estimate of drug-likeness (QED) is 0.356. The Kier molecular flexibility index (Phi) is 6.51. The molecule has 0 heterocycles. The van der Waals surface area contributed by atoms with Crippen molar-refractivity contribution in [1.82, 2.24) is 5.32 Å². The van der Waals surface area contributed by atoms with E-state index in [1.807, 2.05) is 13.8 Å². The van der Waals surface area contributed by atoms with Gasteiger partial charge in [0.15, 0.2) is 0 Å². The zero-order chi connectivity index (χ0) is 12.8. The van der Waals surface area contributed by atoms with Crippen molar-refractivity contribution in [1.29, 1.82) is 0 Å². The van der Waals surface area contributed by atoms with E-state index in [0.29, 0.717) is 6.42 Å². The zero-order valence-corrected chi connectivity index (χ0v) is 9.81. The Morgan fingerprint density at radius 2 is 1.69 bits per heavy atom. The summed E-state index contributed by atoms with van der Waals surface area (Å²) in [6.45, 7) is 2.25. The summed E-state index contributed by atoms with van der Waals surface area (Å²) in [4.78, 5) is 11.6. The average molecular weight is 234 g/mol. The fourth-order valence-electron chi connectivity index (χ4n) is 1.24. The van der Waals surface area contributed by atoms with Gasteiger partial charge in [-0.1, -0.05) is 13.8 Å². The van der Waals surface area contributed by atoms with Crippen molar-refractivity contribution in [3.05, 3.63) is 0 Å². The molecule has 96 valence electrons. The molecule has 0 aromatic carbocycles. The number of hydrogen-bond acceptors (Lipinski definition) is 5. The van der Waals surface area contributed by atoms with Gasteiger partial charge in [0.1, 0.15) is 5.54 Å². The van der Waals surface area contributed by atoms with Gasteiger partial charge in [-0.05, 0) is 12.3 Å². The van der Waals surface area contributed by atoms with Crippen molar-refractivity contribution in [2.45, 2.75) is 31.8 Å². The van der Waals surface area contributed by atoms with Crippen LogP contribution in [0.5, 0.6) is 0 Å². The average Bonchev–Trinajstić information content (AvgIpc) is 2.25. The van der Waals surface area contributed by atoms with Crippen LogP contribution in [0.3, 0.4) is 0 Å². The van der Waals surface area contributed by atoms with E-state index in [9.17, 15) is 4.79 Å². The van der Waals surface area contributed by atoms with Crippen LogP contribution in [-0.4, -0.2) is 52.6 Å². The molecule has 6 heteroatoms. The molecule has 0 saturated carbocycles. The lowest BCUT2D eigenvalue weighted by Crippen LogP contribution is -2.60. The highest BCUT2D eigenvalue weighted by molar-refractivity contribution is 5.82. The summed E-state index contributed by atoms with van der Waals surface area (Å²) in [7, 11) is 0. The second kappa shape index (κ2) is 6.80. The van der Waals surface area contributed by atoms with Gasteiger partial charge in [-0.25, -0.2) is 0 Å². The summed E-state index contributed by atoms with van der Waals surface area (Å²) in [5.74, 6) is -0.210. The minimum absolute atomic E-state index is 0.271. The molecule has 6 N–H and O–H groups in total. The Morgan fingerprint density at radius 1 is 1.25 bits per heavy atom. The Hall–Kier alpha value is -0.690. The van der Waals surface area contributed by atoms with Crippen molar-refractivity contribution in [2.24, 2.45) is 11.7 Å². The van der Waals surface area contributed by atoms with Crippen LogP contribution in [0.4, 0.5) is 0 Å². The first-order valence-corrected chi connectivity index (χ1v) is 5.31. The van der Waals surface area contributed by atoms with Gasteiger partial charge in [-0.15, -0.1) is 0 Å². The van der Waals surface area contributed by atoms with Crippen molar-refractivity contribution < 1.29 is 20.1 Å². The summed E-state index contributed by atoms with van der Waals surface area (Å²) in [5, 5.41) is 29.4. The van der Waals surface area contributed by atoms with Crippen LogP contribution in [0.25, 0.3) is 0 Å². The van der Waals surface area contributed by atoms with Gasteiger partial charge >= 0.3 is 0 Å². The van der Waals surface area contributed by atoms with Crippen LogP contribution in [0.2, 0.25) is 0 Å². The van der Waals surface area contributed by atoms with Crippen LogP contribution in [-0.2, 0) is 4.79 Å². The van der Waals surface area contributed by atoms with Crippen LogP contribution < -0.4 is 11.1 Å². The van der Waals surface area contributed by atoms with Crippen molar-refractivity contribution in [3.8, 4) is 0 Å². The number of nitrogens with two attached hydrogens (primary N) is 1. The first-order chi connectivity index (χ1) is 7.40. The van der Waals surface area contributed by atoms with Crippen LogP contribution in [0.15, 0.2) is 0 Å². The Labute approximate surface area is 95.5 Å². The Bertz CT molecular complexity index is 209. The molecule has 0 spiro atoms. The summed E-state index contributed by atoms with van der Waals surface area (Å²) in [6.07, 6.45) is 0.504. The number of amides is 1. The molecule has 0 fully saturated rings. The summed E-state index contributed by atoms with van der Waals surface area (Å²) in [6, 6.07) is -0.705. The molecule has 0 aromatic rings. The molecule has 1 amide bonds. The highest BCUT2D eigenvalue weighted by Gasteiger charge is 2.31. The summed E-state index contributed by atoms with van der Waals surface area (Å²) < 4.78 is 0. The predicted molar refractivity (Wildman–Crippen MR) is 59.6 cm³/mol. The third kappa shape index (κ3) is 4.44. The number of nitrogens with one attached hydrogen (secondary N) is 1. The van der Waals surface area contributed by atoms with E-state index in [1.54, 1.807) is 0 Å². The number of carbonyl (C=O) groups is 1. The van der Waals surface area contributed by atoms with Crippen molar-refractivity contribution >= 4 is 5.91 Å². The van der Waals surface area contributed by atoms with Gasteiger partial charge in [0.25, 0.3) is 0 Å². The second-order valence-corrected chi connectivity index (χ2v) is 4.48. The fraction of sp³-hybridized carbons (Fsp3) is 0.900. The molecule has 0 aliphatic rings. The third-order valence-corrected chi connectivity index (χ3v) is 2.36. The van der Waals surface area contributed by atoms with Crippen LogP contribution in [0, 0.1) is 5.92 Å². The summed E-state index contributed by atoms with van der Waals surface area (Å²) in [5.41, 5.74) is 4.24. The topological polar surface area (TPSA) is 116 Å². The predicted octanol–water partition coefficient (Wildman–Crippen LogP) is -1.81. The Balaban J connectivity index is 4.40. The molecule has 0 unspecified atom stereocenters. The van der Waals surface area contributed by atoms with Gasteiger partial charge in [0.05, 0.1) is 25.9 Å². The maximum absolute atomic E-state index is 11.6. The molecule has 0 aliphatic heterocycles. The molecule has 0 aromatic heterocycles. The molecular formula is C10H22N2O4. The first kappa shape index (κ1) is 15.3. The van der Waals surface area contributed by atoms with Gasteiger partial charge in [-0.2, -0.15) is 0 Å². The minimum atomic E-state index is -1.40. The lowest BCUT2D eigenvalue weighted by Gasteiger charge is -2.30. The maximum Gasteiger partial charge on any atom is 0.237 e. The molecule has 16 heavy (non-hydrogen) atoms. The SMILES string of the molecule is CC(C)C[C@@H](N)C(=O)NC(CO)(CO)CO. The van der Waals surface area contributed by atoms with Crippen LogP contribution in [0.1, 0.15) is 20.3 Å². The van der Waals surface area contributed by atoms with Gasteiger partial charge < -0.3 is 26.4 Å². The van der Waals surface area contributed by atoms with E-state index in [4.69, 9.17) is 21.1 Å². The number of aliphatic hydroxyl groups is 3. The smallest absolute Gasteiger partial charge is 0.237 e. The summed E-state index contributed by atoms with van der Waals surface area (Å²) >= 11 is 0. The van der Waals surface area contributed by atoms with E-state index < -0.39 is 37.3 Å². The molecule has 6 nitrogen and oxygen atoms in total. The highest BCUT2D eigenvalue weighted by atomic mass is 16.3. The monoisotopic (exact) mass is 234 g/mol. The molecule has 0 saturated heterocycles. The minimum Gasteiger partial charge on any atom is -0.394 e. The first-order valence-electron chi connectivity index (χ1n) is 5.31. The van der Waals surface area contributed by atoms with Gasteiger partial charge in [-0.3, -0.25) is 4.79 Å². The van der Waals surface area contributed by atoms with Crippen molar-refractivity contribution in [2.75, 3.05) is 19.8 Å². The lowest BCUT2D eigenvalue weighted by molar-refractivity contribution is -0.127. The zero-order valence-electron chi connectivity index (χ0n) is 9.81. The normalized spacial score (nSPS) is 13.9. The van der Waals surface area contributed by atoms with E-state index in [2.05, 4.69) is 5.32 Å². The maximum atomic E-state index is 11.6. The van der Waals surface area contributed by atoms with Crippen molar-refractivity contribution in [3.63, 3.8) is 0 Å². The molecule has 0 rings (SSSR count). The number of hydrogen-bond donors (Lipinski definition) is 5. The fourth-order valence-corrected chi connectivity index (χ4v) is 1.24. The number of rotatable bonds is 7. The number of carbonyl (C=O) groups excluding carboxylic acids is 1. The highest BCUT2D eigenvalue weighted by Crippen LogP contribution is 2.06. The molecule has 0 radical (unpaired) electrons. The molecular weight excluding hydrogens is 212 g/mol. The second-order valence-electron chi connectivity index (χ2n) is 4.48. The van der Waals surface area contributed by atoms with Gasteiger partial charge in [0.2, 0.25) is 5.91 Å². The van der Waals surface area contributed by atoms with E-state index in [-0.39, 0.29) is 5.92 Å². The molecule has 1 atom stereocenters. The van der Waals surface area contributed by atoms with E-state index >= 15 is 0 Å². The number of aliphatic hydroxyl groups excluding tert-OH is 3. The third-order valence-electron chi connectivity index (χ3n) is 2.36. The largest absolute Gasteiger partial charge is 0.394 e. The Morgan fingerprint density at radius 3 is 2.00 bits per heavy atom. The van der Waals surface area contributed by atoms with E-state index in [1.165, 1.54) is 0 Å². The molecule has 0 bridgehead atoms. The van der Waals surface area contributed by atoms with Crippen LogP contribution >= 0.6 is 0 Å². The standard InChI is InChI=1S/C10H22N2O4/c1-7(2)3-8(11)9(16)12-10(4-13,5-14)6-15/h7-8,13-15H,3-6,11H2,1-2H3,(H,12,16)/t8-/m1/s1. The van der Waals surface area contributed by atoms with Gasteiger partial charge in [0, 0.05) is 0 Å². The molecule has 0 aliphatic carbocycles. The lowest BCUT2D eigenvalue weighted by atomic mass is 10.00.